The number of rotatable bonds is 8. The fraction of sp³-hybridized carbons (Fsp3) is 0.429. The summed E-state index contributed by atoms with van der Waals surface area (Å²) in [4.78, 5) is 33.5. The molecule has 1 aliphatic rings. The van der Waals surface area contributed by atoms with E-state index in [0.29, 0.717) is 34.8 Å². The van der Waals surface area contributed by atoms with Crippen molar-refractivity contribution in [1.82, 2.24) is 5.48 Å². The number of hydroxylamine groups is 1. The van der Waals surface area contributed by atoms with Gasteiger partial charge in [-0.2, -0.15) is 0 Å². The number of aliphatic imine (C=N–C) groups is 1. The van der Waals surface area contributed by atoms with E-state index >= 15 is 0 Å². The largest absolute Gasteiger partial charge is 0.466 e. The number of unbranched alkanes of at least 4 members (excludes halogenated alkanes) is 1. The summed E-state index contributed by atoms with van der Waals surface area (Å²) in [5.41, 5.74) is 6.49. The minimum Gasteiger partial charge on any atom is -0.466 e. The van der Waals surface area contributed by atoms with Crippen molar-refractivity contribution in [2.75, 3.05) is 13.7 Å². The van der Waals surface area contributed by atoms with Gasteiger partial charge in [0.05, 0.1) is 24.2 Å². The lowest BCUT2D eigenvalue weighted by Crippen LogP contribution is -2.27. The molecule has 156 valence electrons. The number of allylic oxidation sites excluding steroid dienone is 3. The maximum absolute atomic E-state index is 12.6. The van der Waals surface area contributed by atoms with Gasteiger partial charge in [0, 0.05) is 40.7 Å². The molecule has 0 saturated carbocycles. The predicted octanol–water partition coefficient (Wildman–Crippen LogP) is 4.20. The van der Waals surface area contributed by atoms with Crippen LogP contribution in [0, 0.1) is 10.1 Å². The maximum atomic E-state index is 12.6. The molecule has 2 rings (SSSR count). The molecule has 29 heavy (non-hydrogen) atoms. The summed E-state index contributed by atoms with van der Waals surface area (Å²) in [5, 5.41) is 11.3. The first-order chi connectivity index (χ1) is 13.8. The molecule has 1 N–H and O–H groups in total. The van der Waals surface area contributed by atoms with Gasteiger partial charge in [-0.15, -0.1) is 0 Å². The number of nitro groups is 1. The van der Waals surface area contributed by atoms with Gasteiger partial charge in [0.1, 0.15) is 0 Å². The summed E-state index contributed by atoms with van der Waals surface area (Å²) >= 11 is 0. The summed E-state index contributed by atoms with van der Waals surface area (Å²) in [7, 11) is 1.31. The first-order valence-corrected chi connectivity index (χ1v) is 9.49. The highest BCUT2D eigenvalue weighted by atomic mass is 16.6. The van der Waals surface area contributed by atoms with Crippen molar-refractivity contribution in [3.05, 3.63) is 62.5 Å². The first-order valence-electron chi connectivity index (χ1n) is 9.49. The number of hydrogen-bond donors (Lipinski definition) is 1. The Balaban J connectivity index is 2.61. The molecule has 8 heteroatoms. The van der Waals surface area contributed by atoms with Crippen LogP contribution in [0.3, 0.4) is 0 Å². The second-order valence-corrected chi connectivity index (χ2v) is 6.82. The number of non-ortho nitro benzene ring substituents is 1. The van der Waals surface area contributed by atoms with Crippen LogP contribution in [0.15, 0.2) is 51.8 Å². The molecule has 0 bridgehead atoms. The number of nitro benzene ring substituents is 1. The van der Waals surface area contributed by atoms with Crippen LogP contribution < -0.4 is 5.48 Å². The Labute approximate surface area is 170 Å². The SMILES string of the molecule is CCCCONC(C)=C1C(C)=NC(C)=C(C(=O)OC)C1c1cccc([N+](=O)[O-])c1. The van der Waals surface area contributed by atoms with Crippen molar-refractivity contribution in [3.8, 4) is 0 Å². The number of carbonyl (C=O) groups is 1. The summed E-state index contributed by atoms with van der Waals surface area (Å²) < 4.78 is 4.99. The monoisotopic (exact) mass is 401 g/mol. The third kappa shape index (κ3) is 5.08. The van der Waals surface area contributed by atoms with Crippen LogP contribution in [0.4, 0.5) is 5.69 Å². The van der Waals surface area contributed by atoms with Crippen molar-refractivity contribution in [3.63, 3.8) is 0 Å². The third-order valence-electron chi connectivity index (χ3n) is 4.74. The number of esters is 1. The third-order valence-corrected chi connectivity index (χ3v) is 4.74. The van der Waals surface area contributed by atoms with Gasteiger partial charge in [-0.3, -0.25) is 25.4 Å². The number of carbonyl (C=O) groups excluding carboxylic acids is 1. The minimum atomic E-state index is -0.567. The molecule has 1 aromatic rings. The van der Waals surface area contributed by atoms with Gasteiger partial charge < -0.3 is 4.74 Å². The average molecular weight is 401 g/mol. The zero-order valence-electron chi connectivity index (χ0n) is 17.4. The molecule has 0 amide bonds. The lowest BCUT2D eigenvalue weighted by molar-refractivity contribution is -0.384. The van der Waals surface area contributed by atoms with Crippen molar-refractivity contribution in [2.24, 2.45) is 4.99 Å². The van der Waals surface area contributed by atoms with Crippen LogP contribution in [-0.2, 0) is 14.4 Å². The molecule has 1 heterocycles. The summed E-state index contributed by atoms with van der Waals surface area (Å²) in [6.07, 6.45) is 1.91. The molecule has 0 radical (unpaired) electrons. The Hall–Kier alpha value is -3.00. The number of ether oxygens (including phenoxy) is 1. The van der Waals surface area contributed by atoms with Gasteiger partial charge in [-0.25, -0.2) is 4.79 Å². The van der Waals surface area contributed by atoms with E-state index in [4.69, 9.17) is 9.57 Å². The fourth-order valence-electron chi connectivity index (χ4n) is 3.38. The zero-order valence-corrected chi connectivity index (χ0v) is 17.4. The minimum absolute atomic E-state index is 0.0475. The van der Waals surface area contributed by atoms with Crippen LogP contribution in [-0.4, -0.2) is 30.3 Å². The molecule has 0 aliphatic carbocycles. The Morgan fingerprint density at radius 3 is 2.69 bits per heavy atom. The van der Waals surface area contributed by atoms with Crippen LogP contribution in [0.2, 0.25) is 0 Å². The molecular formula is C21H27N3O5. The highest BCUT2D eigenvalue weighted by molar-refractivity contribution is 6.06. The molecule has 0 spiro atoms. The number of methoxy groups -OCH3 is 1. The summed E-state index contributed by atoms with van der Waals surface area (Å²) in [5.74, 6) is -1.09. The molecule has 8 nitrogen and oxygen atoms in total. The van der Waals surface area contributed by atoms with Crippen LogP contribution in [0.5, 0.6) is 0 Å². The lowest BCUT2D eigenvalue weighted by atomic mass is 9.79. The van der Waals surface area contributed by atoms with E-state index in [1.165, 1.54) is 19.2 Å². The Morgan fingerprint density at radius 2 is 2.07 bits per heavy atom. The van der Waals surface area contributed by atoms with Gasteiger partial charge in [0.2, 0.25) is 0 Å². The molecule has 0 saturated heterocycles. The molecule has 1 unspecified atom stereocenters. The fourth-order valence-corrected chi connectivity index (χ4v) is 3.38. The van der Waals surface area contributed by atoms with Crippen molar-refractivity contribution < 1.29 is 19.3 Å². The molecular weight excluding hydrogens is 374 g/mol. The van der Waals surface area contributed by atoms with Gasteiger partial charge in [-0.1, -0.05) is 25.5 Å². The van der Waals surface area contributed by atoms with Gasteiger partial charge >= 0.3 is 5.97 Å². The van der Waals surface area contributed by atoms with Gasteiger partial charge in [0.25, 0.3) is 5.69 Å². The molecule has 1 aromatic carbocycles. The second kappa shape index (κ2) is 9.97. The maximum Gasteiger partial charge on any atom is 0.336 e. The summed E-state index contributed by atoms with van der Waals surface area (Å²) in [6, 6.07) is 6.27. The highest BCUT2D eigenvalue weighted by Crippen LogP contribution is 2.40. The van der Waals surface area contributed by atoms with Gasteiger partial charge in [-0.05, 0) is 32.8 Å². The van der Waals surface area contributed by atoms with E-state index in [-0.39, 0.29) is 5.69 Å². The van der Waals surface area contributed by atoms with E-state index in [1.807, 2.05) is 13.8 Å². The van der Waals surface area contributed by atoms with Crippen molar-refractivity contribution in [2.45, 2.75) is 46.5 Å². The number of nitrogens with zero attached hydrogens (tertiary/aromatic N) is 2. The van der Waals surface area contributed by atoms with Crippen LogP contribution in [0.25, 0.3) is 0 Å². The average Bonchev–Trinajstić information content (AvgIpc) is 2.70. The summed E-state index contributed by atoms with van der Waals surface area (Å²) in [6.45, 7) is 8.02. The predicted molar refractivity (Wildman–Crippen MR) is 110 cm³/mol. The Morgan fingerprint density at radius 1 is 1.34 bits per heavy atom. The second-order valence-electron chi connectivity index (χ2n) is 6.82. The van der Waals surface area contributed by atoms with Crippen molar-refractivity contribution >= 4 is 17.4 Å². The van der Waals surface area contributed by atoms with E-state index in [0.717, 1.165) is 18.4 Å². The standard InChI is InChI=1S/C21H27N3O5/c1-6-7-11-29-23-15(4)18-13(2)22-14(3)19(21(25)28-5)20(18)16-9-8-10-17(12-16)24(26)27/h8-10,12,20,23H,6-7,11H2,1-5H3. The van der Waals surface area contributed by atoms with E-state index in [9.17, 15) is 14.9 Å². The first kappa shape index (κ1) is 22.3. The number of benzene rings is 1. The number of hydrogen-bond acceptors (Lipinski definition) is 7. The van der Waals surface area contributed by atoms with E-state index < -0.39 is 16.8 Å². The molecule has 0 aromatic heterocycles. The molecule has 0 fully saturated rings. The lowest BCUT2D eigenvalue weighted by Gasteiger charge is -2.29. The van der Waals surface area contributed by atoms with Crippen molar-refractivity contribution in [1.29, 1.82) is 0 Å². The zero-order chi connectivity index (χ0) is 21.6. The van der Waals surface area contributed by atoms with Crippen LogP contribution in [0.1, 0.15) is 52.0 Å². The smallest absolute Gasteiger partial charge is 0.336 e. The normalized spacial score (nSPS) is 18.2. The van der Waals surface area contributed by atoms with E-state index in [1.54, 1.807) is 19.1 Å². The quantitative estimate of drug-likeness (QED) is 0.303. The van der Waals surface area contributed by atoms with Gasteiger partial charge in [0.15, 0.2) is 0 Å². The topological polar surface area (TPSA) is 103 Å². The van der Waals surface area contributed by atoms with Crippen LogP contribution >= 0.6 is 0 Å². The number of nitrogens with one attached hydrogen (secondary N) is 1. The molecule has 1 aliphatic heterocycles. The Kier molecular flexibility index (Phi) is 7.67. The highest BCUT2D eigenvalue weighted by Gasteiger charge is 2.35. The Bertz CT molecular complexity index is 886. The molecule has 1 atom stereocenters. The van der Waals surface area contributed by atoms with E-state index in [2.05, 4.69) is 17.4 Å².